The summed E-state index contributed by atoms with van der Waals surface area (Å²) in [4.78, 5) is 15.7. The molecule has 1 aromatic carbocycles. The van der Waals surface area contributed by atoms with Crippen molar-refractivity contribution in [2.75, 3.05) is 5.32 Å². The van der Waals surface area contributed by atoms with Crippen molar-refractivity contribution in [3.63, 3.8) is 0 Å². The van der Waals surface area contributed by atoms with E-state index >= 15 is 0 Å². The Morgan fingerprint density at radius 1 is 1.39 bits per heavy atom. The molecule has 1 N–H and O–H groups in total. The predicted molar refractivity (Wildman–Crippen MR) is 68.4 cm³/mol. The van der Waals surface area contributed by atoms with Gasteiger partial charge in [-0.2, -0.15) is 5.26 Å². The SMILES string of the molecule is N#Cc1ccc(NC(=O)c2cccnc2)cc1Cl. The van der Waals surface area contributed by atoms with Crippen LogP contribution in [-0.2, 0) is 0 Å². The number of benzene rings is 1. The van der Waals surface area contributed by atoms with Gasteiger partial charge in [-0.15, -0.1) is 0 Å². The van der Waals surface area contributed by atoms with Gasteiger partial charge in [0.25, 0.3) is 5.91 Å². The Hall–Kier alpha value is -2.38. The van der Waals surface area contributed by atoms with Gasteiger partial charge < -0.3 is 5.32 Å². The summed E-state index contributed by atoms with van der Waals surface area (Å²) in [5.74, 6) is -0.274. The molecule has 0 radical (unpaired) electrons. The van der Waals surface area contributed by atoms with E-state index in [1.54, 1.807) is 30.5 Å². The van der Waals surface area contributed by atoms with Crippen molar-refractivity contribution >= 4 is 23.2 Å². The van der Waals surface area contributed by atoms with Crippen LogP contribution >= 0.6 is 11.6 Å². The lowest BCUT2D eigenvalue weighted by molar-refractivity contribution is 0.102. The van der Waals surface area contributed by atoms with Crippen LogP contribution in [-0.4, -0.2) is 10.9 Å². The number of aromatic nitrogens is 1. The standard InChI is InChI=1S/C13H8ClN3O/c14-12-6-11(4-3-9(12)7-15)17-13(18)10-2-1-5-16-8-10/h1-6,8H,(H,17,18). The lowest BCUT2D eigenvalue weighted by atomic mass is 10.2. The molecular weight excluding hydrogens is 250 g/mol. The highest BCUT2D eigenvalue weighted by atomic mass is 35.5. The first-order valence-corrected chi connectivity index (χ1v) is 5.49. The topological polar surface area (TPSA) is 65.8 Å². The number of hydrogen-bond acceptors (Lipinski definition) is 3. The molecule has 4 nitrogen and oxygen atoms in total. The van der Waals surface area contributed by atoms with E-state index in [-0.39, 0.29) is 5.91 Å². The third kappa shape index (κ3) is 2.65. The summed E-state index contributed by atoms with van der Waals surface area (Å²) in [7, 11) is 0. The highest BCUT2D eigenvalue weighted by Crippen LogP contribution is 2.20. The van der Waals surface area contributed by atoms with Crippen molar-refractivity contribution in [2.45, 2.75) is 0 Å². The second-order valence-electron chi connectivity index (χ2n) is 3.50. The summed E-state index contributed by atoms with van der Waals surface area (Å²) < 4.78 is 0. The van der Waals surface area contributed by atoms with Crippen LogP contribution in [0.2, 0.25) is 5.02 Å². The van der Waals surface area contributed by atoms with E-state index in [9.17, 15) is 4.79 Å². The van der Waals surface area contributed by atoms with E-state index in [0.29, 0.717) is 21.8 Å². The van der Waals surface area contributed by atoms with Crippen molar-refractivity contribution < 1.29 is 4.79 Å². The maximum atomic E-state index is 11.8. The van der Waals surface area contributed by atoms with Crippen LogP contribution < -0.4 is 5.32 Å². The van der Waals surface area contributed by atoms with Crippen LogP contribution in [0, 0.1) is 11.3 Å². The number of halogens is 1. The Labute approximate surface area is 109 Å². The first kappa shape index (κ1) is 12.1. The minimum atomic E-state index is -0.274. The monoisotopic (exact) mass is 257 g/mol. The fourth-order valence-electron chi connectivity index (χ4n) is 1.38. The number of rotatable bonds is 2. The molecule has 0 fully saturated rings. The molecule has 0 aliphatic rings. The number of nitrogens with one attached hydrogen (secondary N) is 1. The number of carbonyl (C=O) groups is 1. The molecule has 0 aliphatic heterocycles. The summed E-state index contributed by atoms with van der Waals surface area (Å²) in [6.07, 6.45) is 3.07. The van der Waals surface area contributed by atoms with Gasteiger partial charge in [-0.05, 0) is 30.3 Å². The predicted octanol–water partition coefficient (Wildman–Crippen LogP) is 2.86. The Balaban J connectivity index is 2.18. The van der Waals surface area contributed by atoms with Gasteiger partial charge in [-0.3, -0.25) is 9.78 Å². The highest BCUT2D eigenvalue weighted by Gasteiger charge is 2.07. The van der Waals surface area contributed by atoms with Crippen LogP contribution in [0.5, 0.6) is 0 Å². The number of anilines is 1. The smallest absolute Gasteiger partial charge is 0.257 e. The first-order valence-electron chi connectivity index (χ1n) is 5.12. The highest BCUT2D eigenvalue weighted by molar-refractivity contribution is 6.32. The molecule has 5 heteroatoms. The van der Waals surface area contributed by atoms with E-state index in [2.05, 4.69) is 10.3 Å². The molecule has 0 atom stereocenters. The van der Waals surface area contributed by atoms with Crippen LogP contribution in [0.25, 0.3) is 0 Å². The zero-order chi connectivity index (χ0) is 13.0. The van der Waals surface area contributed by atoms with Gasteiger partial charge in [-0.1, -0.05) is 11.6 Å². The van der Waals surface area contributed by atoms with Gasteiger partial charge >= 0.3 is 0 Å². The molecule has 88 valence electrons. The van der Waals surface area contributed by atoms with Crippen molar-refractivity contribution in [3.05, 3.63) is 58.9 Å². The number of nitrogens with zero attached hydrogens (tertiary/aromatic N) is 2. The van der Waals surface area contributed by atoms with Crippen LogP contribution in [0.15, 0.2) is 42.7 Å². The normalized spacial score (nSPS) is 9.56. The van der Waals surface area contributed by atoms with Crippen LogP contribution in [0.4, 0.5) is 5.69 Å². The van der Waals surface area contributed by atoms with E-state index in [4.69, 9.17) is 16.9 Å². The summed E-state index contributed by atoms with van der Waals surface area (Å²) in [5.41, 5.74) is 1.36. The molecular formula is C13H8ClN3O. The molecule has 0 saturated carbocycles. The number of amides is 1. The average Bonchev–Trinajstić information content (AvgIpc) is 2.40. The molecule has 0 bridgehead atoms. The average molecular weight is 258 g/mol. The van der Waals surface area contributed by atoms with Gasteiger partial charge in [0, 0.05) is 18.1 Å². The van der Waals surface area contributed by atoms with Crippen molar-refractivity contribution in [1.82, 2.24) is 4.98 Å². The van der Waals surface area contributed by atoms with E-state index in [1.165, 1.54) is 12.3 Å². The van der Waals surface area contributed by atoms with Crippen molar-refractivity contribution in [3.8, 4) is 6.07 Å². The molecule has 18 heavy (non-hydrogen) atoms. The summed E-state index contributed by atoms with van der Waals surface area (Å²) in [5, 5.41) is 11.7. The molecule has 0 spiro atoms. The second kappa shape index (κ2) is 5.30. The minimum absolute atomic E-state index is 0.274. The van der Waals surface area contributed by atoms with Crippen LogP contribution in [0.3, 0.4) is 0 Å². The molecule has 1 amide bonds. The van der Waals surface area contributed by atoms with E-state index in [0.717, 1.165) is 0 Å². The zero-order valence-corrected chi connectivity index (χ0v) is 9.98. The lowest BCUT2D eigenvalue weighted by Gasteiger charge is -2.05. The quantitative estimate of drug-likeness (QED) is 0.900. The van der Waals surface area contributed by atoms with Crippen molar-refractivity contribution in [2.24, 2.45) is 0 Å². The summed E-state index contributed by atoms with van der Waals surface area (Å²) >= 11 is 5.87. The number of carbonyl (C=O) groups excluding carboxylic acids is 1. The molecule has 0 unspecified atom stereocenters. The molecule has 2 rings (SSSR count). The molecule has 1 heterocycles. The number of pyridine rings is 1. The maximum absolute atomic E-state index is 11.8. The number of nitriles is 1. The van der Waals surface area contributed by atoms with Gasteiger partial charge in [0.2, 0.25) is 0 Å². The van der Waals surface area contributed by atoms with E-state index in [1.807, 2.05) is 6.07 Å². The lowest BCUT2D eigenvalue weighted by Crippen LogP contribution is -2.11. The van der Waals surface area contributed by atoms with Crippen molar-refractivity contribution in [1.29, 1.82) is 5.26 Å². The third-order valence-corrected chi connectivity index (χ3v) is 2.58. The molecule has 1 aromatic heterocycles. The third-order valence-electron chi connectivity index (χ3n) is 2.27. The Bertz CT molecular complexity index is 620. The van der Waals surface area contributed by atoms with Gasteiger partial charge in [0.05, 0.1) is 16.1 Å². The van der Waals surface area contributed by atoms with Gasteiger partial charge in [0.15, 0.2) is 0 Å². The molecule has 2 aromatic rings. The number of hydrogen-bond donors (Lipinski definition) is 1. The second-order valence-corrected chi connectivity index (χ2v) is 3.91. The van der Waals surface area contributed by atoms with Gasteiger partial charge in [0.1, 0.15) is 6.07 Å². The zero-order valence-electron chi connectivity index (χ0n) is 9.22. The Morgan fingerprint density at radius 3 is 2.83 bits per heavy atom. The van der Waals surface area contributed by atoms with Crippen LogP contribution in [0.1, 0.15) is 15.9 Å². The maximum Gasteiger partial charge on any atom is 0.257 e. The van der Waals surface area contributed by atoms with E-state index < -0.39 is 0 Å². The molecule has 0 aliphatic carbocycles. The minimum Gasteiger partial charge on any atom is -0.322 e. The largest absolute Gasteiger partial charge is 0.322 e. The Kier molecular flexibility index (Phi) is 3.56. The summed E-state index contributed by atoms with van der Waals surface area (Å²) in [6.45, 7) is 0. The van der Waals surface area contributed by atoms with Gasteiger partial charge in [-0.25, -0.2) is 0 Å². The first-order chi connectivity index (χ1) is 8.70. The summed E-state index contributed by atoms with van der Waals surface area (Å²) in [6, 6.07) is 10.0. The fourth-order valence-corrected chi connectivity index (χ4v) is 1.61. The fraction of sp³-hybridized carbons (Fsp3) is 0. The molecule has 0 saturated heterocycles. The Morgan fingerprint density at radius 2 is 2.22 bits per heavy atom.